The second-order valence-electron chi connectivity index (χ2n) is 7.22. The van der Waals surface area contributed by atoms with Crippen LogP contribution >= 0.6 is 23.2 Å². The summed E-state index contributed by atoms with van der Waals surface area (Å²) in [4.78, 5) is 9.03. The van der Waals surface area contributed by atoms with Crippen LogP contribution in [-0.4, -0.2) is 28.4 Å². The Labute approximate surface area is 199 Å². The van der Waals surface area contributed by atoms with Crippen LogP contribution < -0.4 is 5.73 Å². The van der Waals surface area contributed by atoms with Gasteiger partial charge in [0.05, 0.1) is 28.7 Å². The van der Waals surface area contributed by atoms with Crippen molar-refractivity contribution in [1.29, 1.82) is 0 Å². The largest absolute Gasteiger partial charge is 0.394 e. The smallest absolute Gasteiger partial charge is 0.145 e. The van der Waals surface area contributed by atoms with E-state index in [2.05, 4.69) is 34.2 Å². The summed E-state index contributed by atoms with van der Waals surface area (Å²) in [6.45, 7) is 3.04. The van der Waals surface area contributed by atoms with Gasteiger partial charge < -0.3 is 10.8 Å². The molecule has 3 aromatic rings. The van der Waals surface area contributed by atoms with Gasteiger partial charge >= 0.3 is 0 Å². The number of aromatic nitrogens is 2. The van der Waals surface area contributed by atoms with Crippen LogP contribution in [0.1, 0.15) is 42.8 Å². The zero-order valence-corrected chi connectivity index (χ0v) is 20.1. The Morgan fingerprint density at radius 1 is 0.969 bits per heavy atom. The maximum atomic E-state index is 10.5. The third kappa shape index (κ3) is 7.16. The number of halogens is 3. The molecule has 0 radical (unpaired) electrons. The van der Waals surface area contributed by atoms with Crippen molar-refractivity contribution in [3.05, 3.63) is 75.0 Å². The van der Waals surface area contributed by atoms with Gasteiger partial charge in [-0.3, -0.25) is 0 Å². The molecule has 1 aromatic heterocycles. The Morgan fingerprint density at radius 2 is 1.56 bits per heavy atom. The van der Waals surface area contributed by atoms with Gasteiger partial charge in [0.15, 0.2) is 0 Å². The maximum Gasteiger partial charge on any atom is 0.145 e. The first-order valence-electron chi connectivity index (χ1n) is 10.8. The zero-order valence-electron chi connectivity index (χ0n) is 18.5. The predicted molar refractivity (Wildman–Crippen MR) is 132 cm³/mol. The van der Waals surface area contributed by atoms with Gasteiger partial charge in [-0.2, -0.15) is 0 Å². The quantitative estimate of drug-likeness (QED) is 0.463. The van der Waals surface area contributed by atoms with E-state index in [9.17, 15) is 4.39 Å². The van der Waals surface area contributed by atoms with Gasteiger partial charge in [-0.15, -0.1) is 0 Å². The van der Waals surface area contributed by atoms with E-state index >= 15 is 0 Å². The highest BCUT2D eigenvalue weighted by atomic mass is 35.5. The maximum absolute atomic E-state index is 10.5. The molecular formula is C25H30Cl2FN3O. The molecule has 0 atom stereocenters. The van der Waals surface area contributed by atoms with E-state index in [1.54, 1.807) is 23.3 Å². The third-order valence-corrected chi connectivity index (χ3v) is 5.57. The first-order chi connectivity index (χ1) is 15.4. The van der Waals surface area contributed by atoms with Crippen LogP contribution in [0.25, 0.3) is 11.3 Å². The van der Waals surface area contributed by atoms with Crippen molar-refractivity contribution >= 4 is 29.0 Å². The van der Waals surface area contributed by atoms with E-state index < -0.39 is 6.67 Å². The Balaban J connectivity index is 0.000000229. The van der Waals surface area contributed by atoms with Crippen molar-refractivity contribution in [2.24, 2.45) is 0 Å². The Bertz CT molecular complexity index is 989. The van der Waals surface area contributed by atoms with Gasteiger partial charge in [0, 0.05) is 10.6 Å². The van der Waals surface area contributed by atoms with E-state index in [-0.39, 0.29) is 6.61 Å². The van der Waals surface area contributed by atoms with Crippen molar-refractivity contribution in [3.8, 4) is 11.3 Å². The van der Waals surface area contributed by atoms with Crippen molar-refractivity contribution in [2.45, 2.75) is 46.0 Å². The molecule has 1 aliphatic rings. The molecule has 172 valence electrons. The minimum absolute atomic E-state index is 0.347. The number of anilines is 1. The average Bonchev–Trinajstić information content (AvgIpc) is 3.29. The Morgan fingerprint density at radius 3 is 2.06 bits per heavy atom. The number of nitrogens with two attached hydrogens (primary N) is 1. The fourth-order valence-electron chi connectivity index (χ4n) is 3.44. The predicted octanol–water partition coefficient (Wildman–Crippen LogP) is 6.28. The molecule has 0 saturated heterocycles. The van der Waals surface area contributed by atoms with Gasteiger partial charge in [-0.05, 0) is 61.4 Å². The number of aliphatic hydroxyl groups is 1. The Kier molecular flexibility index (Phi) is 10.9. The minimum atomic E-state index is -0.625. The van der Waals surface area contributed by atoms with E-state index in [0.717, 1.165) is 35.5 Å². The molecule has 32 heavy (non-hydrogen) atoms. The highest BCUT2D eigenvalue weighted by Gasteiger charge is 2.14. The average molecular weight is 478 g/mol. The molecule has 0 unspecified atom stereocenters. The number of hydrogen-bond acceptors (Lipinski definition) is 4. The lowest BCUT2D eigenvalue weighted by atomic mass is 10.1. The molecule has 1 aliphatic carbocycles. The minimum Gasteiger partial charge on any atom is -0.394 e. The number of benzene rings is 2. The number of aryl methyl sites for hydroxylation is 4. The van der Waals surface area contributed by atoms with Crippen molar-refractivity contribution in [2.75, 3.05) is 19.0 Å². The fraction of sp³-hybridized carbons (Fsp3) is 0.360. The SMILES string of the molecule is CCc1nc(-c2ccc(Cl)cc2Cl)c(CC)nc1N.OCCF.c1ccc2c(c1)CCC2. The molecule has 0 fully saturated rings. The van der Waals surface area contributed by atoms with Gasteiger partial charge in [-0.1, -0.05) is 61.3 Å². The lowest BCUT2D eigenvalue weighted by Crippen LogP contribution is -2.06. The monoisotopic (exact) mass is 477 g/mol. The molecule has 1 heterocycles. The van der Waals surface area contributed by atoms with Gasteiger partial charge in [0.2, 0.25) is 0 Å². The second-order valence-corrected chi connectivity index (χ2v) is 8.06. The van der Waals surface area contributed by atoms with E-state index in [4.69, 9.17) is 34.0 Å². The summed E-state index contributed by atoms with van der Waals surface area (Å²) < 4.78 is 10.5. The summed E-state index contributed by atoms with van der Waals surface area (Å²) in [5, 5.41) is 8.68. The number of nitrogen functional groups attached to an aromatic ring is 1. The summed E-state index contributed by atoms with van der Waals surface area (Å²) in [7, 11) is 0. The van der Waals surface area contributed by atoms with Gasteiger partial charge in [0.1, 0.15) is 12.5 Å². The summed E-state index contributed by atoms with van der Waals surface area (Å²) in [6.07, 6.45) is 5.45. The van der Waals surface area contributed by atoms with Gasteiger partial charge in [0.25, 0.3) is 0 Å². The highest BCUT2D eigenvalue weighted by Crippen LogP contribution is 2.32. The Hall–Kier alpha value is -2.21. The molecule has 0 bridgehead atoms. The molecule has 2 aromatic carbocycles. The molecule has 0 aliphatic heterocycles. The normalized spacial score (nSPS) is 11.7. The summed E-state index contributed by atoms with van der Waals surface area (Å²) in [5.74, 6) is 0.494. The van der Waals surface area contributed by atoms with Crippen molar-refractivity contribution in [1.82, 2.24) is 9.97 Å². The molecule has 3 N–H and O–H groups in total. The van der Waals surface area contributed by atoms with Crippen molar-refractivity contribution in [3.63, 3.8) is 0 Å². The first kappa shape index (κ1) is 26.0. The second kappa shape index (κ2) is 13.4. The van der Waals surface area contributed by atoms with Crippen LogP contribution in [0.5, 0.6) is 0 Å². The van der Waals surface area contributed by atoms with E-state index in [1.165, 1.54) is 19.3 Å². The number of nitrogens with zero attached hydrogens (tertiary/aromatic N) is 2. The number of rotatable bonds is 4. The van der Waals surface area contributed by atoms with Crippen LogP contribution in [-0.2, 0) is 25.7 Å². The number of aliphatic hydroxyl groups excluding tert-OH is 1. The molecule has 0 saturated carbocycles. The molecule has 7 heteroatoms. The van der Waals surface area contributed by atoms with Crippen LogP contribution in [0.15, 0.2) is 42.5 Å². The summed E-state index contributed by atoms with van der Waals surface area (Å²) in [6, 6.07) is 14.1. The topological polar surface area (TPSA) is 72.0 Å². The van der Waals surface area contributed by atoms with Crippen molar-refractivity contribution < 1.29 is 9.50 Å². The number of alkyl halides is 1. The number of hydrogen-bond donors (Lipinski definition) is 2. The van der Waals surface area contributed by atoms with Crippen LogP contribution in [0.3, 0.4) is 0 Å². The number of fused-ring (bicyclic) bond motifs is 1. The lowest BCUT2D eigenvalue weighted by Gasteiger charge is -2.12. The molecule has 4 nitrogen and oxygen atoms in total. The van der Waals surface area contributed by atoms with Crippen LogP contribution in [0, 0.1) is 0 Å². The van der Waals surface area contributed by atoms with Crippen LogP contribution in [0.4, 0.5) is 10.2 Å². The van der Waals surface area contributed by atoms with Gasteiger partial charge in [-0.25, -0.2) is 14.4 Å². The standard InChI is InChI=1S/C14H15Cl2N3.C9H10.C2H5FO/c1-3-11-13(18-12(4-2)14(17)19-11)9-6-5-8(15)7-10(9)16;1-2-5-9-7-3-6-8(9)4-1;3-1-2-4/h5-7H,3-4H2,1-2H3,(H2,17,19);1-2,4-5H,3,6-7H2;4H,1-2H2. The highest BCUT2D eigenvalue weighted by molar-refractivity contribution is 6.36. The fourth-order valence-corrected chi connectivity index (χ4v) is 3.94. The third-order valence-electron chi connectivity index (χ3n) is 5.02. The summed E-state index contributed by atoms with van der Waals surface area (Å²) in [5.41, 5.74) is 12.3. The summed E-state index contributed by atoms with van der Waals surface area (Å²) >= 11 is 12.2. The molecule has 4 rings (SSSR count). The zero-order chi connectivity index (χ0) is 23.5. The molecule has 0 spiro atoms. The lowest BCUT2D eigenvalue weighted by molar-refractivity contribution is 0.253. The van der Waals surface area contributed by atoms with E-state index in [1.807, 2.05) is 19.9 Å². The first-order valence-corrected chi connectivity index (χ1v) is 11.5. The molecule has 0 amide bonds. The molecular weight excluding hydrogens is 448 g/mol. The van der Waals surface area contributed by atoms with E-state index in [0.29, 0.717) is 15.9 Å². The van der Waals surface area contributed by atoms with Crippen LogP contribution in [0.2, 0.25) is 10.0 Å².